The second-order valence-electron chi connectivity index (χ2n) is 3.01. The van der Waals surface area contributed by atoms with Gasteiger partial charge >= 0.3 is 31.3 Å². The van der Waals surface area contributed by atoms with Crippen LogP contribution in [0.15, 0.2) is 12.7 Å². The summed E-state index contributed by atoms with van der Waals surface area (Å²) in [7, 11) is -16.6. The topological polar surface area (TPSA) is 216 Å². The molecule has 0 bridgehead atoms. The van der Waals surface area contributed by atoms with Crippen molar-refractivity contribution in [3.05, 3.63) is 12.7 Å². The summed E-state index contributed by atoms with van der Waals surface area (Å²) >= 11 is 0. The van der Waals surface area contributed by atoms with Crippen LogP contribution in [0.1, 0.15) is 0 Å². The molecule has 140 valence electrons. The average molecular weight is 424 g/mol. The first-order chi connectivity index (χ1) is 10.1. The van der Waals surface area contributed by atoms with E-state index in [1.165, 1.54) is 6.08 Å². The largest absolute Gasteiger partial charge is 0.483 e. The molecule has 0 heterocycles. The third-order valence-corrected chi connectivity index (χ3v) is 5.92. The summed E-state index contributed by atoms with van der Waals surface area (Å²) in [6.07, 6.45) is 1.28. The molecule has 0 aromatic heterocycles. The summed E-state index contributed by atoms with van der Waals surface area (Å²) < 4.78 is 61.6. The molecule has 0 spiro atoms. The minimum Gasteiger partial charge on any atom is -0.302 e. The van der Waals surface area contributed by atoms with Gasteiger partial charge in [-0.1, -0.05) is 6.08 Å². The molecule has 0 saturated carbocycles. The van der Waals surface area contributed by atoms with Crippen LogP contribution in [0.3, 0.4) is 0 Å². The van der Waals surface area contributed by atoms with Crippen LogP contribution in [0, 0.1) is 0 Å². The molecule has 23 heavy (non-hydrogen) atoms. The highest BCUT2D eigenvalue weighted by Crippen LogP contribution is 2.62. The van der Waals surface area contributed by atoms with Crippen molar-refractivity contribution in [1.82, 2.24) is 0 Å². The van der Waals surface area contributed by atoms with E-state index in [1.54, 1.807) is 0 Å². The van der Waals surface area contributed by atoms with Crippen LogP contribution >= 0.6 is 31.3 Å². The summed E-state index contributed by atoms with van der Waals surface area (Å²) in [5.41, 5.74) is 0. The van der Waals surface area contributed by atoms with Crippen LogP contribution in [0.4, 0.5) is 0 Å². The summed E-state index contributed by atoms with van der Waals surface area (Å²) in [5, 5.41) is 0. The van der Waals surface area contributed by atoms with Crippen LogP contribution in [-0.4, -0.2) is 45.3 Å². The Morgan fingerprint density at radius 2 is 1.30 bits per heavy atom. The van der Waals surface area contributed by atoms with Crippen molar-refractivity contribution in [2.75, 3.05) is 20.8 Å². The van der Waals surface area contributed by atoms with E-state index in [1.807, 2.05) is 0 Å². The Morgan fingerprint density at radius 1 is 0.870 bits per heavy atom. The molecule has 14 nitrogen and oxygen atoms in total. The van der Waals surface area contributed by atoms with Gasteiger partial charge in [0.25, 0.3) is 0 Å². The third kappa shape index (κ3) is 16.9. The number of rotatable bonds is 9. The monoisotopic (exact) mass is 424 g/mol. The van der Waals surface area contributed by atoms with Crippen LogP contribution in [0.25, 0.3) is 0 Å². The molecule has 0 aliphatic carbocycles. The first-order valence-corrected chi connectivity index (χ1v) is 10.9. The molecule has 0 saturated heterocycles. The summed E-state index contributed by atoms with van der Waals surface area (Å²) in [5.74, 6) is 0. The predicted molar refractivity (Wildman–Crippen MR) is 73.9 cm³/mol. The fraction of sp³-hybridized carbons (Fsp3) is 0.600. The molecule has 18 heteroatoms. The molecule has 0 rings (SSSR count). The maximum atomic E-state index is 11.4. The van der Waals surface area contributed by atoms with E-state index < -0.39 is 31.3 Å². The molecule has 0 aliphatic rings. The van der Waals surface area contributed by atoms with Crippen molar-refractivity contribution in [2.45, 2.75) is 0 Å². The predicted octanol–water partition coefficient (Wildman–Crippen LogP) is 0.895. The molecule has 2 unspecified atom stereocenters. The molecular formula is C5H16O14P4. The highest BCUT2D eigenvalue weighted by atomic mass is 31.3. The number of phosphoric acid groups is 4. The van der Waals surface area contributed by atoms with Gasteiger partial charge < -0.3 is 24.5 Å². The maximum Gasteiger partial charge on any atom is 0.483 e. The quantitative estimate of drug-likeness (QED) is 0.257. The zero-order chi connectivity index (χ0) is 18.9. The lowest BCUT2D eigenvalue weighted by atomic mass is 10.7. The molecule has 0 aromatic carbocycles. The SMILES string of the molecule is C=CCOP(=O)(OC)OP(=O)(O)OC.O=P(O)(O)OP(=O)(O)O. The van der Waals surface area contributed by atoms with Gasteiger partial charge in [0.15, 0.2) is 0 Å². The first-order valence-electron chi connectivity index (χ1n) is 4.93. The van der Waals surface area contributed by atoms with E-state index in [-0.39, 0.29) is 6.61 Å². The Kier molecular flexibility index (Phi) is 11.4. The summed E-state index contributed by atoms with van der Waals surface area (Å²) in [6.45, 7) is 3.15. The number of phosphoric ester groups is 2. The van der Waals surface area contributed by atoms with Gasteiger partial charge in [0, 0.05) is 14.2 Å². The molecule has 0 amide bonds. The molecule has 0 radical (unpaired) electrons. The molecule has 0 aliphatic heterocycles. The normalized spacial score (nSPS) is 17.3. The second kappa shape index (κ2) is 10.3. The summed E-state index contributed by atoms with van der Waals surface area (Å²) in [4.78, 5) is 39.8. The Bertz CT molecular complexity index is 523. The number of hydrogen-bond donors (Lipinski definition) is 5. The Morgan fingerprint density at radius 3 is 1.52 bits per heavy atom. The van der Waals surface area contributed by atoms with Gasteiger partial charge in [-0.2, -0.15) is 8.62 Å². The smallest absolute Gasteiger partial charge is 0.302 e. The van der Waals surface area contributed by atoms with Crippen molar-refractivity contribution in [2.24, 2.45) is 0 Å². The lowest BCUT2D eigenvalue weighted by Crippen LogP contribution is -1.97. The van der Waals surface area contributed by atoms with E-state index in [0.29, 0.717) is 0 Å². The van der Waals surface area contributed by atoms with Crippen LogP contribution in [0.5, 0.6) is 0 Å². The Hall–Kier alpha value is 0.260. The van der Waals surface area contributed by atoms with Gasteiger partial charge in [-0.05, 0) is 0 Å². The molecule has 0 aromatic rings. The zero-order valence-corrected chi connectivity index (χ0v) is 15.3. The maximum absolute atomic E-state index is 11.4. The third-order valence-electron chi connectivity index (χ3n) is 1.22. The average Bonchev–Trinajstić information content (AvgIpc) is 2.32. The van der Waals surface area contributed by atoms with Crippen molar-refractivity contribution in [3.63, 3.8) is 0 Å². The van der Waals surface area contributed by atoms with Gasteiger partial charge in [-0.3, -0.25) is 13.6 Å². The van der Waals surface area contributed by atoms with E-state index in [2.05, 4.69) is 28.8 Å². The van der Waals surface area contributed by atoms with Crippen molar-refractivity contribution in [3.8, 4) is 0 Å². The van der Waals surface area contributed by atoms with Crippen molar-refractivity contribution < 1.29 is 64.9 Å². The Balaban J connectivity index is 0. The van der Waals surface area contributed by atoms with E-state index in [4.69, 9.17) is 24.5 Å². The minimum atomic E-state index is -5.05. The van der Waals surface area contributed by atoms with Gasteiger partial charge in [0.05, 0.1) is 6.61 Å². The van der Waals surface area contributed by atoms with Crippen LogP contribution in [-0.2, 0) is 40.5 Å². The van der Waals surface area contributed by atoms with E-state index in [0.717, 1.165) is 14.2 Å². The zero-order valence-electron chi connectivity index (χ0n) is 11.7. The van der Waals surface area contributed by atoms with Gasteiger partial charge in [-0.15, -0.1) is 6.58 Å². The lowest BCUT2D eigenvalue weighted by molar-refractivity contribution is 0.161. The molecule has 2 atom stereocenters. The lowest BCUT2D eigenvalue weighted by Gasteiger charge is -2.16. The van der Waals surface area contributed by atoms with Gasteiger partial charge in [-0.25, -0.2) is 18.3 Å². The van der Waals surface area contributed by atoms with Crippen LogP contribution < -0.4 is 0 Å². The van der Waals surface area contributed by atoms with E-state index >= 15 is 0 Å². The molecule has 0 fully saturated rings. The van der Waals surface area contributed by atoms with E-state index in [9.17, 15) is 18.3 Å². The fourth-order valence-electron chi connectivity index (χ4n) is 0.552. The summed E-state index contributed by atoms with van der Waals surface area (Å²) in [6, 6.07) is 0. The van der Waals surface area contributed by atoms with Crippen molar-refractivity contribution in [1.29, 1.82) is 0 Å². The number of hydrogen-bond acceptors (Lipinski definition) is 9. The highest BCUT2D eigenvalue weighted by Gasteiger charge is 2.36. The van der Waals surface area contributed by atoms with Crippen molar-refractivity contribution >= 4 is 31.3 Å². The van der Waals surface area contributed by atoms with Gasteiger partial charge in [0.1, 0.15) is 0 Å². The first kappa shape index (κ1) is 25.5. The second-order valence-corrected chi connectivity index (χ2v) is 9.10. The van der Waals surface area contributed by atoms with Crippen LogP contribution in [0.2, 0.25) is 0 Å². The molecular weight excluding hydrogens is 408 g/mol. The highest BCUT2D eigenvalue weighted by molar-refractivity contribution is 7.61. The Labute approximate surface area is 130 Å². The standard InChI is InChI=1S/C5H12O7P2.H4O7P2/c1-4-5-11-14(8,10-3)12-13(6,7)9-2;1-8(2,3)7-9(4,5)6/h4H,1,5H2,2-3H3,(H,6,7);(H2,1,2,3)(H2,4,5,6). The fourth-order valence-corrected chi connectivity index (χ4v) is 3.79. The van der Waals surface area contributed by atoms with Gasteiger partial charge in [0.2, 0.25) is 0 Å². The molecule has 5 N–H and O–H groups in total. The minimum absolute atomic E-state index is 0.144.